The van der Waals surface area contributed by atoms with Crippen molar-refractivity contribution >= 4 is 11.6 Å². The van der Waals surface area contributed by atoms with Gasteiger partial charge in [-0.15, -0.1) is 0 Å². The molecule has 0 bridgehead atoms. The number of methoxy groups -OCH3 is 1. The Morgan fingerprint density at radius 3 is 2.96 bits per heavy atom. The minimum atomic E-state index is -0.264. The summed E-state index contributed by atoms with van der Waals surface area (Å²) in [4.78, 5) is 8.38. The molecule has 0 saturated heterocycles. The summed E-state index contributed by atoms with van der Waals surface area (Å²) in [5.41, 5.74) is 2.77. The van der Waals surface area contributed by atoms with Gasteiger partial charge in [0, 0.05) is 29.8 Å². The van der Waals surface area contributed by atoms with Gasteiger partial charge >= 0.3 is 0 Å². The van der Waals surface area contributed by atoms with Crippen molar-refractivity contribution < 1.29 is 14.2 Å². The third kappa shape index (κ3) is 3.08. The van der Waals surface area contributed by atoms with Gasteiger partial charge in [0.2, 0.25) is 5.75 Å². The Hall–Kier alpha value is -2.73. The highest BCUT2D eigenvalue weighted by molar-refractivity contribution is 6.33. The Morgan fingerprint density at radius 1 is 1.38 bits per heavy atom. The highest BCUT2D eigenvalue weighted by Gasteiger charge is 2.29. The molecule has 1 aliphatic rings. The van der Waals surface area contributed by atoms with Crippen LogP contribution < -0.4 is 14.2 Å². The third-order valence-electron chi connectivity index (χ3n) is 4.29. The minimum absolute atomic E-state index is 0.264. The van der Waals surface area contributed by atoms with Crippen molar-refractivity contribution in [3.8, 4) is 17.2 Å². The van der Waals surface area contributed by atoms with Crippen LogP contribution in [0.3, 0.4) is 0 Å². The van der Waals surface area contributed by atoms with Gasteiger partial charge in [-0.05, 0) is 24.6 Å². The minimum Gasteiger partial charge on any atom is -0.491 e. The van der Waals surface area contributed by atoms with Crippen molar-refractivity contribution in [2.75, 3.05) is 13.7 Å². The summed E-state index contributed by atoms with van der Waals surface area (Å²) in [7, 11) is 1.57. The molecule has 3 heterocycles. The fourth-order valence-electron chi connectivity index (χ4n) is 2.91. The lowest BCUT2D eigenvalue weighted by Crippen LogP contribution is -2.22. The van der Waals surface area contributed by atoms with E-state index in [1.165, 1.54) is 0 Å². The smallest absolute Gasteiger partial charge is 0.205 e. The summed E-state index contributed by atoms with van der Waals surface area (Å²) in [5, 5.41) is 0.506. The van der Waals surface area contributed by atoms with E-state index in [-0.39, 0.29) is 6.10 Å². The van der Waals surface area contributed by atoms with Gasteiger partial charge in [0.05, 0.1) is 25.0 Å². The molecule has 0 spiro atoms. The molecule has 6 nitrogen and oxygen atoms in total. The molecule has 3 aromatic rings. The molecule has 0 N–H and O–H groups in total. The summed E-state index contributed by atoms with van der Waals surface area (Å²) < 4.78 is 19.6. The Labute approximate surface area is 156 Å². The molecule has 0 saturated carbocycles. The first-order valence-corrected chi connectivity index (χ1v) is 8.60. The van der Waals surface area contributed by atoms with Crippen molar-refractivity contribution in [1.29, 1.82) is 0 Å². The van der Waals surface area contributed by atoms with Gasteiger partial charge in [0.15, 0.2) is 17.6 Å². The van der Waals surface area contributed by atoms with Crippen LogP contribution >= 0.6 is 11.6 Å². The van der Waals surface area contributed by atoms with E-state index in [0.29, 0.717) is 35.4 Å². The molecule has 1 atom stereocenters. The number of imidazole rings is 1. The lowest BCUT2D eigenvalue weighted by atomic mass is 10.1. The van der Waals surface area contributed by atoms with E-state index in [2.05, 4.69) is 9.97 Å². The maximum absolute atomic E-state index is 6.57. The molecule has 134 valence electrons. The SMILES string of the molecule is COc1c(Cl)c(Cn2ccnc2)cc2c1OC(c1ccc(C)nc1)CO2. The second kappa shape index (κ2) is 6.88. The number of hydrogen-bond acceptors (Lipinski definition) is 5. The number of aromatic nitrogens is 3. The van der Waals surface area contributed by atoms with E-state index < -0.39 is 0 Å². The van der Waals surface area contributed by atoms with Gasteiger partial charge in [-0.1, -0.05) is 17.7 Å². The van der Waals surface area contributed by atoms with Crippen LogP contribution in [-0.2, 0) is 6.54 Å². The highest BCUT2D eigenvalue weighted by Crippen LogP contribution is 2.48. The lowest BCUT2D eigenvalue weighted by Gasteiger charge is -2.29. The average Bonchev–Trinajstić information content (AvgIpc) is 3.16. The Morgan fingerprint density at radius 2 is 2.27 bits per heavy atom. The first-order chi connectivity index (χ1) is 12.7. The maximum atomic E-state index is 6.57. The van der Waals surface area contributed by atoms with Crippen molar-refractivity contribution in [3.05, 3.63) is 65.0 Å². The zero-order valence-corrected chi connectivity index (χ0v) is 15.2. The first kappa shape index (κ1) is 16.7. The van der Waals surface area contributed by atoms with Crippen LogP contribution in [-0.4, -0.2) is 28.3 Å². The Kier molecular flexibility index (Phi) is 4.42. The third-order valence-corrected chi connectivity index (χ3v) is 4.70. The van der Waals surface area contributed by atoms with Gasteiger partial charge in [-0.25, -0.2) is 4.98 Å². The van der Waals surface area contributed by atoms with Gasteiger partial charge in [0.25, 0.3) is 0 Å². The summed E-state index contributed by atoms with van der Waals surface area (Å²) in [5.74, 6) is 1.62. The Balaban J connectivity index is 1.68. The predicted octanol–water partition coefficient (Wildman–Crippen LogP) is 3.81. The topological polar surface area (TPSA) is 58.4 Å². The monoisotopic (exact) mass is 371 g/mol. The highest BCUT2D eigenvalue weighted by atomic mass is 35.5. The molecule has 1 unspecified atom stereocenters. The number of nitrogens with zero attached hydrogens (tertiary/aromatic N) is 3. The fourth-order valence-corrected chi connectivity index (χ4v) is 3.19. The number of fused-ring (bicyclic) bond motifs is 1. The standard InChI is InChI=1S/C19H18ClN3O3/c1-12-3-4-13(8-22-12)16-10-25-15-7-14(9-23-6-5-21-11-23)17(20)19(24-2)18(15)26-16/h3-8,11,16H,9-10H2,1-2H3. The summed E-state index contributed by atoms with van der Waals surface area (Å²) in [6.45, 7) is 2.91. The molecule has 0 fully saturated rings. The van der Waals surface area contributed by atoms with Crippen molar-refractivity contribution in [1.82, 2.24) is 14.5 Å². The second-order valence-corrected chi connectivity index (χ2v) is 6.47. The molecule has 0 radical (unpaired) electrons. The molecule has 0 amide bonds. The van der Waals surface area contributed by atoms with Gasteiger partial charge in [-0.2, -0.15) is 0 Å². The number of benzene rings is 1. The van der Waals surface area contributed by atoms with Crippen LogP contribution in [0.5, 0.6) is 17.2 Å². The maximum Gasteiger partial charge on any atom is 0.205 e. The molecule has 1 aromatic carbocycles. The fraction of sp³-hybridized carbons (Fsp3) is 0.263. The predicted molar refractivity (Wildman–Crippen MR) is 97.2 cm³/mol. The largest absolute Gasteiger partial charge is 0.491 e. The molecule has 2 aromatic heterocycles. The van der Waals surface area contributed by atoms with E-state index in [1.54, 1.807) is 25.8 Å². The van der Waals surface area contributed by atoms with Crippen LogP contribution in [0.2, 0.25) is 5.02 Å². The molecule has 4 rings (SSSR count). The molecule has 0 aliphatic carbocycles. The number of halogens is 1. The summed E-state index contributed by atoms with van der Waals surface area (Å²) >= 11 is 6.57. The van der Waals surface area contributed by atoms with Crippen molar-refractivity contribution in [2.45, 2.75) is 19.6 Å². The second-order valence-electron chi connectivity index (χ2n) is 6.10. The normalized spacial score (nSPS) is 15.7. The van der Waals surface area contributed by atoms with E-state index in [9.17, 15) is 0 Å². The number of hydrogen-bond donors (Lipinski definition) is 0. The number of ether oxygens (including phenoxy) is 3. The number of pyridine rings is 1. The number of aryl methyl sites for hydroxylation is 1. The van der Waals surface area contributed by atoms with Crippen LogP contribution in [0, 0.1) is 6.92 Å². The summed E-state index contributed by atoms with van der Waals surface area (Å²) in [6, 6.07) is 5.83. The van der Waals surface area contributed by atoms with Gasteiger partial charge in [0.1, 0.15) is 6.61 Å². The molecular weight excluding hydrogens is 354 g/mol. The van der Waals surface area contributed by atoms with Crippen molar-refractivity contribution in [3.63, 3.8) is 0 Å². The lowest BCUT2D eigenvalue weighted by molar-refractivity contribution is 0.0867. The molecular formula is C19H18ClN3O3. The first-order valence-electron chi connectivity index (χ1n) is 8.23. The number of rotatable bonds is 4. The van der Waals surface area contributed by atoms with Gasteiger partial charge < -0.3 is 18.8 Å². The van der Waals surface area contributed by atoms with Crippen LogP contribution in [0.15, 0.2) is 43.1 Å². The van der Waals surface area contributed by atoms with E-state index >= 15 is 0 Å². The van der Waals surface area contributed by atoms with Crippen LogP contribution in [0.4, 0.5) is 0 Å². The molecule has 7 heteroatoms. The molecule has 26 heavy (non-hydrogen) atoms. The van der Waals surface area contributed by atoms with Crippen molar-refractivity contribution in [2.24, 2.45) is 0 Å². The van der Waals surface area contributed by atoms with Crippen LogP contribution in [0.25, 0.3) is 0 Å². The zero-order chi connectivity index (χ0) is 18.1. The Bertz CT molecular complexity index is 911. The van der Waals surface area contributed by atoms with E-state index in [0.717, 1.165) is 16.8 Å². The summed E-state index contributed by atoms with van der Waals surface area (Å²) in [6.07, 6.45) is 6.87. The zero-order valence-electron chi connectivity index (χ0n) is 14.5. The van der Waals surface area contributed by atoms with Crippen LogP contribution in [0.1, 0.15) is 22.9 Å². The molecule has 1 aliphatic heterocycles. The average molecular weight is 372 g/mol. The van der Waals surface area contributed by atoms with E-state index in [4.69, 9.17) is 25.8 Å². The quantitative estimate of drug-likeness (QED) is 0.698. The van der Waals surface area contributed by atoms with Gasteiger partial charge in [-0.3, -0.25) is 4.98 Å². The van der Waals surface area contributed by atoms with E-state index in [1.807, 2.05) is 35.9 Å².